The molecule has 0 amide bonds. The van der Waals surface area contributed by atoms with E-state index in [0.29, 0.717) is 5.41 Å². The minimum Gasteiger partial charge on any atom is -0.303 e. The molecule has 3 saturated heterocycles. The van der Waals surface area contributed by atoms with Crippen LogP contribution in [0.3, 0.4) is 0 Å². The van der Waals surface area contributed by atoms with Crippen molar-refractivity contribution in [3.63, 3.8) is 0 Å². The van der Waals surface area contributed by atoms with Crippen molar-refractivity contribution in [1.82, 2.24) is 4.90 Å². The summed E-state index contributed by atoms with van der Waals surface area (Å²) in [4.78, 5) is 2.58. The molecular weight excluding hydrogens is 158 g/mol. The van der Waals surface area contributed by atoms with Gasteiger partial charge in [-0.1, -0.05) is 27.7 Å². The Balaban J connectivity index is 0.000000149. The minimum absolute atomic E-state index is 0.500. The quantitative estimate of drug-likeness (QED) is 0.557. The summed E-state index contributed by atoms with van der Waals surface area (Å²) < 4.78 is 0. The Morgan fingerprint density at radius 1 is 0.846 bits per heavy atom. The highest BCUT2D eigenvalue weighted by Gasteiger charge is 2.24. The third-order valence-electron chi connectivity index (χ3n) is 2.56. The van der Waals surface area contributed by atoms with E-state index in [1.165, 1.54) is 38.9 Å². The molecule has 0 spiro atoms. The molecule has 0 unspecified atom stereocenters. The zero-order valence-electron chi connectivity index (χ0n) is 9.77. The van der Waals surface area contributed by atoms with Gasteiger partial charge in [-0.3, -0.25) is 0 Å². The first-order chi connectivity index (χ1) is 5.95. The van der Waals surface area contributed by atoms with Crippen molar-refractivity contribution in [3.05, 3.63) is 0 Å². The lowest BCUT2D eigenvalue weighted by molar-refractivity contribution is 0.111. The standard InChI is InChI=1S/C7H13N.C5H12/c1-4-8-5-2-7(1)3-6-8;1-5(2,3)4/h7H,1-6H2;1-4H3. The van der Waals surface area contributed by atoms with Crippen molar-refractivity contribution in [1.29, 1.82) is 0 Å². The summed E-state index contributed by atoms with van der Waals surface area (Å²) >= 11 is 0. The van der Waals surface area contributed by atoms with Crippen LogP contribution in [0.1, 0.15) is 47.0 Å². The lowest BCUT2D eigenvalue weighted by Crippen LogP contribution is -2.41. The molecule has 13 heavy (non-hydrogen) atoms. The predicted octanol–water partition coefficient (Wildman–Crippen LogP) is 3.15. The normalized spacial score (nSPS) is 32.3. The number of piperidine rings is 3. The van der Waals surface area contributed by atoms with Crippen molar-refractivity contribution < 1.29 is 0 Å². The SMILES string of the molecule is C1CN2CCC1CC2.CC(C)(C)C. The Morgan fingerprint density at radius 3 is 1.23 bits per heavy atom. The largest absolute Gasteiger partial charge is 0.303 e. The second-order valence-corrected chi connectivity index (χ2v) is 6.07. The summed E-state index contributed by atoms with van der Waals surface area (Å²) in [5, 5.41) is 0. The number of fused-ring (bicyclic) bond motifs is 3. The second-order valence-electron chi connectivity index (χ2n) is 6.07. The zero-order chi connectivity index (χ0) is 9.90. The molecule has 0 atom stereocenters. The maximum absolute atomic E-state index is 2.58. The lowest BCUT2D eigenvalue weighted by Gasteiger charge is -2.38. The molecule has 1 heteroatoms. The number of rotatable bonds is 0. The average molecular weight is 183 g/mol. The fourth-order valence-electron chi connectivity index (χ4n) is 1.86. The molecule has 0 N–H and O–H groups in total. The van der Waals surface area contributed by atoms with Crippen molar-refractivity contribution in [2.75, 3.05) is 19.6 Å². The minimum atomic E-state index is 0.500. The third-order valence-corrected chi connectivity index (χ3v) is 2.56. The van der Waals surface area contributed by atoms with E-state index in [9.17, 15) is 0 Å². The molecule has 3 rings (SSSR count). The number of hydrogen-bond acceptors (Lipinski definition) is 1. The van der Waals surface area contributed by atoms with Crippen LogP contribution in [-0.4, -0.2) is 24.5 Å². The van der Waals surface area contributed by atoms with Crippen LogP contribution in [0.15, 0.2) is 0 Å². The fraction of sp³-hybridized carbons (Fsp3) is 1.00. The Hall–Kier alpha value is -0.0400. The molecule has 2 bridgehead atoms. The molecular formula is C12H25N. The Kier molecular flexibility index (Phi) is 3.78. The molecule has 3 heterocycles. The van der Waals surface area contributed by atoms with Gasteiger partial charge in [-0.2, -0.15) is 0 Å². The van der Waals surface area contributed by atoms with Gasteiger partial charge in [0.1, 0.15) is 0 Å². The van der Waals surface area contributed by atoms with Crippen LogP contribution in [0, 0.1) is 11.3 Å². The summed E-state index contributed by atoms with van der Waals surface area (Å²) in [5.41, 5.74) is 0.500. The van der Waals surface area contributed by atoms with Gasteiger partial charge in [0, 0.05) is 0 Å². The van der Waals surface area contributed by atoms with Crippen LogP contribution >= 0.6 is 0 Å². The first-order valence-corrected chi connectivity index (χ1v) is 5.67. The Bertz CT molecular complexity index is 109. The van der Waals surface area contributed by atoms with Gasteiger partial charge in [-0.05, 0) is 50.2 Å². The van der Waals surface area contributed by atoms with Crippen LogP contribution in [0.5, 0.6) is 0 Å². The van der Waals surface area contributed by atoms with E-state index >= 15 is 0 Å². The van der Waals surface area contributed by atoms with Gasteiger partial charge in [-0.15, -0.1) is 0 Å². The predicted molar refractivity (Wildman–Crippen MR) is 58.9 cm³/mol. The summed E-state index contributed by atoms with van der Waals surface area (Å²) in [5.74, 6) is 1.11. The van der Waals surface area contributed by atoms with E-state index in [2.05, 4.69) is 32.6 Å². The van der Waals surface area contributed by atoms with Crippen LogP contribution in [0.4, 0.5) is 0 Å². The number of hydrogen-bond donors (Lipinski definition) is 0. The highest BCUT2D eigenvalue weighted by molar-refractivity contribution is 4.78. The molecule has 0 aromatic rings. The van der Waals surface area contributed by atoms with E-state index in [1.54, 1.807) is 0 Å². The molecule has 0 saturated carbocycles. The van der Waals surface area contributed by atoms with Gasteiger partial charge in [0.2, 0.25) is 0 Å². The van der Waals surface area contributed by atoms with Crippen LogP contribution in [-0.2, 0) is 0 Å². The van der Waals surface area contributed by atoms with Crippen molar-refractivity contribution in [2.24, 2.45) is 11.3 Å². The van der Waals surface area contributed by atoms with E-state index in [0.717, 1.165) is 5.92 Å². The van der Waals surface area contributed by atoms with Crippen LogP contribution in [0.25, 0.3) is 0 Å². The van der Waals surface area contributed by atoms with Crippen LogP contribution in [0.2, 0.25) is 0 Å². The fourth-order valence-corrected chi connectivity index (χ4v) is 1.86. The van der Waals surface area contributed by atoms with Crippen molar-refractivity contribution in [2.45, 2.75) is 47.0 Å². The topological polar surface area (TPSA) is 3.24 Å². The first kappa shape index (κ1) is 11.0. The van der Waals surface area contributed by atoms with Crippen LogP contribution < -0.4 is 0 Å². The molecule has 0 aromatic heterocycles. The number of nitrogens with zero attached hydrogens (tertiary/aromatic N) is 1. The Labute approximate surface area is 83.5 Å². The second kappa shape index (κ2) is 4.45. The van der Waals surface area contributed by atoms with Crippen molar-refractivity contribution >= 4 is 0 Å². The van der Waals surface area contributed by atoms with Gasteiger partial charge in [0.05, 0.1) is 0 Å². The maximum atomic E-state index is 2.58. The zero-order valence-corrected chi connectivity index (χ0v) is 9.77. The molecule has 3 aliphatic heterocycles. The van der Waals surface area contributed by atoms with Gasteiger partial charge in [0.25, 0.3) is 0 Å². The Morgan fingerprint density at radius 2 is 1.15 bits per heavy atom. The molecule has 1 nitrogen and oxygen atoms in total. The van der Waals surface area contributed by atoms with E-state index in [4.69, 9.17) is 0 Å². The smallest absolute Gasteiger partial charge is 0.00161 e. The molecule has 3 aliphatic rings. The average Bonchev–Trinajstić information content (AvgIpc) is 2.05. The molecule has 78 valence electrons. The summed E-state index contributed by atoms with van der Waals surface area (Å²) in [6.45, 7) is 12.9. The highest BCUT2D eigenvalue weighted by Crippen LogP contribution is 2.26. The highest BCUT2D eigenvalue weighted by atomic mass is 15.1. The monoisotopic (exact) mass is 183 g/mol. The van der Waals surface area contributed by atoms with E-state index in [-0.39, 0.29) is 0 Å². The lowest BCUT2D eigenvalue weighted by atomic mass is 9.89. The van der Waals surface area contributed by atoms with Gasteiger partial charge < -0.3 is 4.90 Å². The molecule has 0 radical (unpaired) electrons. The molecule has 0 aromatic carbocycles. The van der Waals surface area contributed by atoms with Gasteiger partial charge >= 0.3 is 0 Å². The third kappa shape index (κ3) is 5.30. The summed E-state index contributed by atoms with van der Waals surface area (Å²) in [6, 6.07) is 0. The molecule has 3 fully saturated rings. The van der Waals surface area contributed by atoms with E-state index in [1.807, 2.05) is 0 Å². The summed E-state index contributed by atoms with van der Waals surface area (Å²) in [6.07, 6.45) is 4.46. The maximum Gasteiger partial charge on any atom is -0.00161 e. The van der Waals surface area contributed by atoms with E-state index < -0.39 is 0 Å². The van der Waals surface area contributed by atoms with Gasteiger partial charge in [-0.25, -0.2) is 0 Å². The van der Waals surface area contributed by atoms with Gasteiger partial charge in [0.15, 0.2) is 0 Å². The molecule has 0 aliphatic carbocycles. The summed E-state index contributed by atoms with van der Waals surface area (Å²) in [7, 11) is 0. The van der Waals surface area contributed by atoms with Crippen molar-refractivity contribution in [3.8, 4) is 0 Å². The first-order valence-electron chi connectivity index (χ1n) is 5.67.